The first kappa shape index (κ1) is 52.5. The summed E-state index contributed by atoms with van der Waals surface area (Å²) in [5.74, 6) is -0.769. The molecule has 2 aliphatic rings. The maximum atomic E-state index is 13.7. The highest BCUT2D eigenvalue weighted by molar-refractivity contribution is 6.27. The van der Waals surface area contributed by atoms with E-state index in [1.54, 1.807) is 0 Å². The minimum absolute atomic E-state index is 0. The van der Waals surface area contributed by atoms with Gasteiger partial charge in [-0.1, -0.05) is 65.5 Å². The second kappa shape index (κ2) is 24.1. The Morgan fingerprint density at radius 3 is 1.51 bits per heavy atom. The number of anilines is 1. The van der Waals surface area contributed by atoms with Crippen LogP contribution in [0.15, 0.2) is 117 Å². The summed E-state index contributed by atoms with van der Waals surface area (Å²) in [5, 5.41) is 7.04. The standard InChI is InChI=1S/C54H63N9O4.3CH4/c1-56-32-34-58(38-56)28-12-7-16-41-21-22-46-49-42(41)17-13-19-44(49)51(64)62(53(46)66)30-10-5-3-8-26-60-36-37-61(40-60)27-9-4-6-11-31-63-52(65)45-20-14-18-43-48(24-23-47(50(43)45)54(63)67)55-25-15-29-59-35-33-57(2)39-59;;;/h13-14,17-24,32-40H,3-12,15-16,25-31H2,1-2H3;3*1H4/q+2;;;/p+1. The van der Waals surface area contributed by atoms with Crippen LogP contribution in [0.2, 0.25) is 0 Å². The number of nitrogens with one attached hydrogen (secondary N) is 1. The molecule has 7 aromatic rings. The molecule has 5 heterocycles. The molecule has 13 heteroatoms. The van der Waals surface area contributed by atoms with Crippen LogP contribution in [-0.2, 0) is 46.7 Å². The van der Waals surface area contributed by atoms with Crippen LogP contribution in [0.25, 0.3) is 21.5 Å². The first-order valence-corrected chi connectivity index (χ1v) is 24.4. The smallest absolute Gasteiger partial charge is 0.261 e. The van der Waals surface area contributed by atoms with Gasteiger partial charge in [0.1, 0.15) is 37.2 Å². The maximum absolute atomic E-state index is 13.7. The molecule has 370 valence electrons. The normalized spacial score (nSPS) is 12.9. The van der Waals surface area contributed by atoms with Crippen molar-refractivity contribution >= 4 is 50.9 Å². The molecule has 0 saturated heterocycles. The number of nitrogens with zero attached hydrogens (tertiary/aromatic N) is 8. The molecule has 0 fully saturated rings. The number of carbonyl (C=O) groups is 4. The number of imide groups is 2. The third-order valence-corrected chi connectivity index (χ3v) is 13.6. The Kier molecular flexibility index (Phi) is 18.1. The maximum Gasteiger partial charge on any atom is 0.261 e. The van der Waals surface area contributed by atoms with Gasteiger partial charge in [-0.3, -0.25) is 29.0 Å². The Hall–Kier alpha value is -6.89. The molecule has 3 aromatic heterocycles. The van der Waals surface area contributed by atoms with E-state index in [1.807, 2.05) is 84.2 Å². The van der Waals surface area contributed by atoms with Crippen molar-refractivity contribution in [2.75, 3.05) is 25.0 Å². The fraction of sp³-hybridized carbons (Fsp3) is 0.421. The van der Waals surface area contributed by atoms with Gasteiger partial charge in [-0.05, 0) is 99.1 Å². The van der Waals surface area contributed by atoms with Gasteiger partial charge >= 0.3 is 0 Å². The van der Waals surface area contributed by atoms with Crippen LogP contribution in [0.3, 0.4) is 0 Å². The summed E-state index contributed by atoms with van der Waals surface area (Å²) in [5.41, 5.74) is 4.61. The van der Waals surface area contributed by atoms with Gasteiger partial charge < -0.3 is 5.32 Å². The second-order valence-corrected chi connectivity index (χ2v) is 18.5. The molecule has 9 rings (SSSR count). The Bertz CT molecular complexity index is 2690. The molecular formula is C57H76N9O4+3. The van der Waals surface area contributed by atoms with E-state index in [-0.39, 0.29) is 45.9 Å². The topological polar surface area (TPSA) is 113 Å². The summed E-state index contributed by atoms with van der Waals surface area (Å²) in [7, 11) is 4.04. The van der Waals surface area contributed by atoms with E-state index in [4.69, 9.17) is 0 Å². The summed E-state index contributed by atoms with van der Waals surface area (Å²) < 4.78 is 12.9. The lowest BCUT2D eigenvalue weighted by molar-refractivity contribution is -0.696. The number of carbonyl (C=O) groups excluding carboxylic acids is 4. The van der Waals surface area contributed by atoms with Gasteiger partial charge in [-0.2, -0.15) is 0 Å². The third kappa shape index (κ3) is 11.6. The van der Waals surface area contributed by atoms with Crippen molar-refractivity contribution in [3.63, 3.8) is 0 Å². The minimum atomic E-state index is -0.205. The average Bonchev–Trinajstić information content (AvgIpc) is 4.10. The van der Waals surface area contributed by atoms with Gasteiger partial charge in [-0.15, -0.1) is 0 Å². The van der Waals surface area contributed by atoms with Crippen LogP contribution < -0.4 is 19.0 Å². The van der Waals surface area contributed by atoms with Crippen LogP contribution in [0.1, 0.15) is 140 Å². The van der Waals surface area contributed by atoms with Crippen molar-refractivity contribution in [2.45, 2.75) is 126 Å². The molecule has 0 spiro atoms. The van der Waals surface area contributed by atoms with E-state index in [0.717, 1.165) is 137 Å². The van der Waals surface area contributed by atoms with E-state index in [0.29, 0.717) is 35.3 Å². The number of unbranched alkanes of at least 4 members (excludes halogenated alkanes) is 7. The molecule has 1 N–H and O–H groups in total. The number of hydrogen-bond acceptors (Lipinski definition) is 5. The average molecular weight is 951 g/mol. The Labute approximate surface area is 415 Å². The first-order chi connectivity index (χ1) is 32.7. The van der Waals surface area contributed by atoms with Crippen LogP contribution in [0.4, 0.5) is 5.69 Å². The molecule has 70 heavy (non-hydrogen) atoms. The number of amides is 4. The number of imidazole rings is 3. The van der Waals surface area contributed by atoms with Crippen molar-refractivity contribution in [2.24, 2.45) is 14.1 Å². The van der Waals surface area contributed by atoms with Crippen molar-refractivity contribution in [1.29, 1.82) is 0 Å². The summed E-state index contributed by atoms with van der Waals surface area (Å²) in [6.07, 6.45) is 30.2. The van der Waals surface area contributed by atoms with E-state index < -0.39 is 0 Å². The molecule has 2 aliphatic heterocycles. The quantitative estimate of drug-likeness (QED) is 0.0369. The van der Waals surface area contributed by atoms with Crippen molar-refractivity contribution < 1.29 is 32.9 Å². The summed E-state index contributed by atoms with van der Waals surface area (Å²) >= 11 is 0. The van der Waals surface area contributed by atoms with E-state index in [1.165, 1.54) is 15.4 Å². The van der Waals surface area contributed by atoms with E-state index >= 15 is 0 Å². The lowest BCUT2D eigenvalue weighted by Crippen LogP contribution is -2.41. The molecule has 0 bridgehead atoms. The van der Waals surface area contributed by atoms with Crippen molar-refractivity contribution in [1.82, 2.24) is 23.5 Å². The van der Waals surface area contributed by atoms with Gasteiger partial charge in [0.2, 0.25) is 19.0 Å². The predicted octanol–water partition coefficient (Wildman–Crippen LogP) is 9.48. The predicted molar refractivity (Wildman–Crippen MR) is 278 cm³/mol. The molecule has 0 radical (unpaired) electrons. The number of aromatic nitrogens is 6. The van der Waals surface area contributed by atoms with Crippen molar-refractivity contribution in [3.8, 4) is 0 Å². The summed E-state index contributed by atoms with van der Waals surface area (Å²) in [6, 6.07) is 19.5. The van der Waals surface area contributed by atoms with Gasteiger partial charge in [0.15, 0.2) is 0 Å². The molecule has 0 saturated carbocycles. The van der Waals surface area contributed by atoms with Gasteiger partial charge in [0, 0.05) is 70.2 Å². The van der Waals surface area contributed by atoms with Crippen LogP contribution >= 0.6 is 0 Å². The molecule has 4 amide bonds. The molecular weight excluding hydrogens is 875 g/mol. The number of benzene rings is 4. The number of aryl methyl sites for hydroxylation is 7. The highest BCUT2D eigenvalue weighted by Crippen LogP contribution is 2.35. The molecule has 13 nitrogen and oxygen atoms in total. The zero-order valence-corrected chi connectivity index (χ0v) is 39.1. The Balaban J connectivity index is 0.00000268. The molecule has 0 unspecified atom stereocenters. The van der Waals surface area contributed by atoms with Crippen molar-refractivity contribution in [3.05, 3.63) is 145 Å². The van der Waals surface area contributed by atoms with Gasteiger partial charge in [0.05, 0.1) is 40.3 Å². The van der Waals surface area contributed by atoms with Crippen LogP contribution in [-0.4, -0.2) is 66.8 Å². The minimum Gasteiger partial charge on any atom is -0.384 e. The summed E-state index contributed by atoms with van der Waals surface area (Å²) in [4.78, 5) is 57.5. The number of hydrogen-bond donors (Lipinski definition) is 1. The van der Waals surface area contributed by atoms with Crippen LogP contribution in [0.5, 0.6) is 0 Å². The summed E-state index contributed by atoms with van der Waals surface area (Å²) in [6.45, 7) is 5.32. The molecule has 0 atom stereocenters. The largest absolute Gasteiger partial charge is 0.384 e. The SMILES string of the molecule is C.C.C.C[n+]1ccn(CCCCc2ccc3c4c(cccc24)C(=O)N(CCCCCC[n+]2ccn(CCCCCCN4C(=O)c5cccc6c(NCCCn7cc[n+](C)c7)ccc(c56)C4=O)c2)C3=O)c1. The monoisotopic (exact) mass is 951 g/mol. The fourth-order valence-corrected chi connectivity index (χ4v) is 10.0. The second-order valence-electron chi connectivity index (χ2n) is 18.5. The van der Waals surface area contributed by atoms with Gasteiger partial charge in [0.25, 0.3) is 23.6 Å². The number of rotatable bonds is 24. The molecule has 0 aliphatic carbocycles. The van der Waals surface area contributed by atoms with Crippen LogP contribution in [0, 0.1) is 0 Å². The zero-order chi connectivity index (χ0) is 46.3. The van der Waals surface area contributed by atoms with Gasteiger partial charge in [-0.25, -0.2) is 27.4 Å². The Morgan fingerprint density at radius 1 is 0.457 bits per heavy atom. The lowest BCUT2D eigenvalue weighted by atomic mass is 9.89. The molecule has 4 aromatic carbocycles. The highest BCUT2D eigenvalue weighted by atomic mass is 16.2. The Morgan fingerprint density at radius 2 is 0.929 bits per heavy atom. The first-order valence-electron chi connectivity index (χ1n) is 24.4. The lowest BCUT2D eigenvalue weighted by Gasteiger charge is -2.28. The zero-order valence-electron chi connectivity index (χ0n) is 39.1. The fourth-order valence-electron chi connectivity index (χ4n) is 10.0. The van der Waals surface area contributed by atoms with E-state index in [9.17, 15) is 19.2 Å². The van der Waals surface area contributed by atoms with E-state index in [2.05, 4.69) is 79.5 Å². The third-order valence-electron chi connectivity index (χ3n) is 13.6. The highest BCUT2D eigenvalue weighted by Gasteiger charge is 2.34.